The van der Waals surface area contributed by atoms with E-state index in [1.807, 2.05) is 0 Å². The molecule has 2 aromatic carbocycles. The number of carbonyl (C=O) groups excluding carboxylic acids is 2. The summed E-state index contributed by atoms with van der Waals surface area (Å²) in [5.41, 5.74) is -1.83. The third-order valence-electron chi connectivity index (χ3n) is 7.13. The van der Waals surface area contributed by atoms with Crippen LogP contribution in [-0.4, -0.2) is 67.1 Å². The number of aromatic nitrogens is 5. The number of aliphatic carboxylic acids is 1. The van der Waals surface area contributed by atoms with Crippen molar-refractivity contribution in [2.45, 2.75) is 44.9 Å². The Bertz CT molecular complexity index is 2010. The van der Waals surface area contributed by atoms with Crippen molar-refractivity contribution in [1.29, 1.82) is 0 Å². The average Bonchev–Trinajstić information content (AvgIpc) is 3.72. The summed E-state index contributed by atoms with van der Waals surface area (Å²) in [6.07, 6.45) is -2.35. The number of fused-ring (bicyclic) bond motifs is 1. The molecule has 2 aliphatic heterocycles. The number of carboxylic acid groups (broad SMARTS) is 1. The fourth-order valence-electron chi connectivity index (χ4n) is 4.67. The molecule has 0 saturated heterocycles. The second-order valence-electron chi connectivity index (χ2n) is 10.8. The van der Waals surface area contributed by atoms with E-state index in [1.165, 1.54) is 31.3 Å². The molecule has 13 nitrogen and oxygen atoms in total. The fraction of sp³-hybridized carbons (Fsp3) is 0.281. The minimum Gasteiger partial charge on any atom is -1.00 e. The van der Waals surface area contributed by atoms with Crippen LogP contribution in [0.1, 0.15) is 45.5 Å². The Balaban J connectivity index is 0.00000364. The number of ether oxygens (including phenoxy) is 2. The average molecular weight is 727 g/mol. The number of amides is 1. The van der Waals surface area contributed by atoms with Crippen LogP contribution >= 0.6 is 0 Å². The molecule has 1 aromatic heterocycles. The molecule has 2 N–H and O–H groups in total. The summed E-state index contributed by atoms with van der Waals surface area (Å²) in [5, 5.41) is 19.1. The standard InChI is InChI=1S/C32H27F5N6O7.Na.H/c1-3-10-48-17-7-8-18(20(12-17)32(35,36)37)22-13-25(50-42-22)28(31(47)49-11-9-26(44)39-16(2)30(45)46)43-15-24-23(14-38-43)40-29(41-24)19-5-4-6-21(33)27(19)34;;/h4-8,12-16,28H,3,9-11H2,1-2H3,(H,39,44)(H,45,46);;/q;+1;-1/t16-,28?;;/m0../s1. The molecule has 19 heteroatoms. The smallest absolute Gasteiger partial charge is 1.00 e. The monoisotopic (exact) mass is 726 g/mol. The zero-order valence-corrected chi connectivity index (χ0v) is 29.2. The van der Waals surface area contributed by atoms with Gasteiger partial charge in [-0.15, -0.1) is 0 Å². The summed E-state index contributed by atoms with van der Waals surface area (Å²) in [7, 11) is 0. The number of carbonyl (C=O) groups is 3. The molecule has 5 rings (SSSR count). The predicted molar refractivity (Wildman–Crippen MR) is 163 cm³/mol. The number of nitrogens with one attached hydrogen (secondary N) is 1. The van der Waals surface area contributed by atoms with Crippen LogP contribution in [0, 0.1) is 11.6 Å². The van der Waals surface area contributed by atoms with Gasteiger partial charge in [0.1, 0.15) is 35.5 Å². The number of imidazole rings is 1. The van der Waals surface area contributed by atoms with Gasteiger partial charge in [-0.1, -0.05) is 18.1 Å². The molecule has 3 heterocycles. The van der Waals surface area contributed by atoms with Crippen molar-refractivity contribution >= 4 is 17.8 Å². The van der Waals surface area contributed by atoms with Crippen LogP contribution in [0.5, 0.6) is 5.75 Å². The van der Waals surface area contributed by atoms with E-state index in [9.17, 15) is 36.3 Å². The Morgan fingerprint density at radius 3 is 2.49 bits per heavy atom. The molecule has 2 atom stereocenters. The van der Waals surface area contributed by atoms with Gasteiger partial charge in [-0.3, -0.25) is 9.59 Å². The first-order chi connectivity index (χ1) is 23.8. The van der Waals surface area contributed by atoms with Gasteiger partial charge in [0.25, 0.3) is 0 Å². The van der Waals surface area contributed by atoms with Crippen molar-refractivity contribution in [1.82, 2.24) is 30.2 Å². The predicted octanol–water partition coefficient (Wildman–Crippen LogP) is 2.41. The van der Waals surface area contributed by atoms with Gasteiger partial charge in [0, 0.05) is 11.6 Å². The molecule has 51 heavy (non-hydrogen) atoms. The van der Waals surface area contributed by atoms with Crippen LogP contribution in [0.25, 0.3) is 34.0 Å². The number of hydrogen-bond acceptors (Lipinski definition) is 10. The van der Waals surface area contributed by atoms with Crippen LogP contribution in [-0.2, 0) is 25.3 Å². The maximum Gasteiger partial charge on any atom is 1.00 e. The third-order valence-corrected chi connectivity index (χ3v) is 7.13. The van der Waals surface area contributed by atoms with Crippen LogP contribution in [0.3, 0.4) is 0 Å². The van der Waals surface area contributed by atoms with Gasteiger partial charge in [-0.25, -0.2) is 28.2 Å². The minimum atomic E-state index is -4.83. The molecule has 3 aromatic rings. The molecule has 0 spiro atoms. The van der Waals surface area contributed by atoms with Crippen molar-refractivity contribution in [2.24, 2.45) is 0 Å². The van der Waals surface area contributed by atoms with Crippen molar-refractivity contribution in [3.05, 3.63) is 77.8 Å². The molecule has 0 bridgehead atoms. The van der Waals surface area contributed by atoms with E-state index in [-0.39, 0.29) is 83.1 Å². The Morgan fingerprint density at radius 2 is 1.78 bits per heavy atom. The van der Waals surface area contributed by atoms with Gasteiger partial charge >= 0.3 is 47.7 Å². The van der Waals surface area contributed by atoms with E-state index in [1.54, 1.807) is 6.92 Å². The van der Waals surface area contributed by atoms with Crippen LogP contribution in [0.2, 0.25) is 0 Å². The second-order valence-corrected chi connectivity index (χ2v) is 10.8. The van der Waals surface area contributed by atoms with Gasteiger partial charge in [-0.05, 0) is 43.7 Å². The quantitative estimate of drug-likeness (QED) is 0.104. The van der Waals surface area contributed by atoms with Gasteiger partial charge < -0.3 is 25.8 Å². The van der Waals surface area contributed by atoms with Crippen molar-refractivity contribution in [3.8, 4) is 39.8 Å². The normalized spacial score (nSPS) is 12.5. The molecule has 2 aliphatic rings. The number of nitrogens with zero attached hydrogens (tertiary/aromatic N) is 5. The number of benzene rings is 2. The molecular formula is C32H28F5N6NaO7. The molecular weight excluding hydrogens is 698 g/mol. The van der Waals surface area contributed by atoms with Crippen LogP contribution < -0.4 is 39.6 Å². The Kier molecular flexibility index (Phi) is 12.5. The van der Waals surface area contributed by atoms with Crippen LogP contribution in [0.15, 0.2) is 59.4 Å². The molecule has 0 fully saturated rings. The molecule has 0 saturated carbocycles. The zero-order chi connectivity index (χ0) is 36.2. The first kappa shape index (κ1) is 38.9. The zero-order valence-electron chi connectivity index (χ0n) is 28.2. The Morgan fingerprint density at radius 1 is 1.04 bits per heavy atom. The topological polar surface area (TPSA) is 172 Å². The molecule has 1 amide bonds. The maximum atomic E-state index is 14.5. The Labute approximate surface area is 309 Å². The minimum absolute atomic E-state index is 0. The van der Waals surface area contributed by atoms with Crippen molar-refractivity contribution in [3.63, 3.8) is 0 Å². The number of alkyl halides is 3. The van der Waals surface area contributed by atoms with Gasteiger partial charge in [-0.2, -0.15) is 18.3 Å². The van der Waals surface area contributed by atoms with E-state index in [2.05, 4.69) is 25.5 Å². The van der Waals surface area contributed by atoms with Crippen LogP contribution in [0.4, 0.5) is 22.0 Å². The van der Waals surface area contributed by atoms with E-state index in [0.29, 0.717) is 6.42 Å². The number of hydrogen-bond donors (Lipinski definition) is 2. The first-order valence-corrected chi connectivity index (χ1v) is 14.9. The van der Waals surface area contributed by atoms with E-state index in [0.717, 1.165) is 35.1 Å². The summed E-state index contributed by atoms with van der Waals surface area (Å²) in [6, 6.07) is 4.93. The molecule has 264 valence electrons. The SMILES string of the molecule is CCCOc1ccc(-c2cc(C(C(=O)OCCC(=O)N[C@@H](C)C(=O)O)n3cc4nc(-c5cccc(F)c5F)nc-4cn3)on2)c(C(F)(F)F)c1.[H-].[Na+]. The second kappa shape index (κ2) is 16.4. The number of esters is 1. The summed E-state index contributed by atoms with van der Waals surface area (Å²) >= 11 is 0. The summed E-state index contributed by atoms with van der Waals surface area (Å²) in [4.78, 5) is 45.0. The van der Waals surface area contributed by atoms with E-state index >= 15 is 0 Å². The summed E-state index contributed by atoms with van der Waals surface area (Å²) in [6.45, 7) is 2.69. The molecule has 1 unspecified atom stereocenters. The summed E-state index contributed by atoms with van der Waals surface area (Å²) < 4.78 is 87.6. The van der Waals surface area contributed by atoms with Crippen molar-refractivity contribution < 1.29 is 86.4 Å². The third kappa shape index (κ3) is 9.05. The van der Waals surface area contributed by atoms with E-state index in [4.69, 9.17) is 19.1 Å². The maximum absolute atomic E-state index is 14.5. The Hall–Kier alpha value is -4.94. The molecule has 0 aliphatic carbocycles. The number of halogens is 5. The fourth-order valence-corrected chi connectivity index (χ4v) is 4.67. The first-order valence-electron chi connectivity index (χ1n) is 14.9. The van der Waals surface area contributed by atoms with Gasteiger partial charge in [0.15, 0.2) is 23.2 Å². The molecule has 0 radical (unpaired) electrons. The van der Waals surface area contributed by atoms with Gasteiger partial charge in [0.05, 0.1) is 36.5 Å². The largest absolute Gasteiger partial charge is 1.00 e. The number of carboxylic acids is 1. The van der Waals surface area contributed by atoms with Crippen molar-refractivity contribution in [2.75, 3.05) is 13.2 Å². The summed E-state index contributed by atoms with van der Waals surface area (Å²) in [5.74, 6) is -5.99. The number of rotatable bonds is 13. The van der Waals surface area contributed by atoms with E-state index < -0.39 is 66.3 Å². The van der Waals surface area contributed by atoms with Gasteiger partial charge in [0.2, 0.25) is 11.9 Å².